The van der Waals surface area contributed by atoms with E-state index in [1.807, 2.05) is 35.2 Å². The van der Waals surface area contributed by atoms with Crippen molar-refractivity contribution in [2.45, 2.75) is 50.0 Å². The van der Waals surface area contributed by atoms with E-state index in [0.29, 0.717) is 10.0 Å². The fourth-order valence-electron chi connectivity index (χ4n) is 4.06. The van der Waals surface area contributed by atoms with Gasteiger partial charge in [0.25, 0.3) is 5.91 Å². The first-order valence-electron chi connectivity index (χ1n) is 9.64. The third-order valence-corrected chi connectivity index (χ3v) is 6.13. The summed E-state index contributed by atoms with van der Waals surface area (Å²) in [4.78, 5) is 26.5. The number of carboxylic acid groups (broad SMARTS) is 1. The zero-order valence-corrected chi connectivity index (χ0v) is 17.1. The molecule has 1 heterocycles. The van der Waals surface area contributed by atoms with E-state index in [-0.39, 0.29) is 24.4 Å². The lowest BCUT2D eigenvalue weighted by atomic mass is 9.84. The maximum Gasteiger partial charge on any atom is 0.306 e. The lowest BCUT2D eigenvalue weighted by molar-refractivity contribution is -0.186. The first kappa shape index (κ1) is 20.2. The molecule has 0 radical (unpaired) electrons. The van der Waals surface area contributed by atoms with Gasteiger partial charge in [0.2, 0.25) is 0 Å². The predicted octanol–water partition coefficient (Wildman–Crippen LogP) is 5.03. The summed E-state index contributed by atoms with van der Waals surface area (Å²) in [6, 6.07) is 14.4. The fraction of sp³-hybridized carbons (Fsp3) is 0.364. The van der Waals surface area contributed by atoms with Gasteiger partial charge in [0.05, 0.1) is 12.5 Å². The molecule has 4 rings (SSSR count). The Labute approximate surface area is 179 Å². The van der Waals surface area contributed by atoms with Crippen molar-refractivity contribution in [1.82, 2.24) is 4.90 Å². The molecule has 1 saturated heterocycles. The second-order valence-corrected chi connectivity index (χ2v) is 8.40. The topological polar surface area (TPSA) is 66.8 Å². The summed E-state index contributed by atoms with van der Waals surface area (Å²) in [7, 11) is 0. The van der Waals surface area contributed by atoms with Crippen LogP contribution in [-0.2, 0) is 14.3 Å². The summed E-state index contributed by atoms with van der Waals surface area (Å²) in [6.45, 7) is 0. The molecular formula is C22H21Cl2NO4. The highest BCUT2D eigenvalue weighted by atomic mass is 35.5. The number of benzene rings is 2. The van der Waals surface area contributed by atoms with Crippen molar-refractivity contribution in [3.63, 3.8) is 0 Å². The molecule has 1 saturated carbocycles. The lowest BCUT2D eigenvalue weighted by Gasteiger charge is -2.50. The van der Waals surface area contributed by atoms with Crippen molar-refractivity contribution >= 4 is 35.1 Å². The van der Waals surface area contributed by atoms with Crippen molar-refractivity contribution in [2.75, 3.05) is 0 Å². The average molecular weight is 434 g/mol. The van der Waals surface area contributed by atoms with E-state index < -0.39 is 18.2 Å². The first-order chi connectivity index (χ1) is 13.9. The van der Waals surface area contributed by atoms with E-state index >= 15 is 0 Å². The molecule has 2 aromatic rings. The second-order valence-electron chi connectivity index (χ2n) is 7.52. The third kappa shape index (κ3) is 4.13. The van der Waals surface area contributed by atoms with Gasteiger partial charge in [-0.2, -0.15) is 0 Å². The number of nitrogens with zero attached hydrogens (tertiary/aromatic N) is 1. The molecule has 7 heteroatoms. The van der Waals surface area contributed by atoms with Crippen LogP contribution in [0.1, 0.15) is 49.0 Å². The lowest BCUT2D eigenvalue weighted by Crippen LogP contribution is -2.56. The fourth-order valence-corrected chi connectivity index (χ4v) is 4.39. The molecule has 152 valence electrons. The average Bonchev–Trinajstić information content (AvgIpc) is 2.64. The number of ether oxygens (including phenoxy) is 1. The van der Waals surface area contributed by atoms with Gasteiger partial charge < -0.3 is 14.7 Å². The maximum atomic E-state index is 13.3. The van der Waals surface area contributed by atoms with E-state index in [2.05, 4.69) is 0 Å². The van der Waals surface area contributed by atoms with Crippen LogP contribution in [0.5, 0.6) is 0 Å². The molecule has 0 aromatic heterocycles. The van der Waals surface area contributed by atoms with Crippen molar-refractivity contribution in [2.24, 2.45) is 0 Å². The van der Waals surface area contributed by atoms with Gasteiger partial charge >= 0.3 is 5.97 Å². The molecule has 2 fully saturated rings. The Kier molecular flexibility index (Phi) is 5.81. The molecule has 5 nitrogen and oxygen atoms in total. The molecule has 0 unspecified atom stereocenters. The standard InChI is InChI=1S/C22H21Cl2NO4/c23-15-9-7-13(8-10-15)20-21(14-3-1-4-16(24)11-14)29-18(12-19(26)27)22(28)25(20)17-5-2-6-17/h1,3-4,7-11,17-18,20-21H,2,5-6,12H2,(H,26,27)/t18-,20-,21-/m1/s1. The number of halogens is 2. The van der Waals surface area contributed by atoms with Crippen LogP contribution in [0, 0.1) is 0 Å². The van der Waals surface area contributed by atoms with Crippen molar-refractivity contribution in [3.8, 4) is 0 Å². The molecule has 1 amide bonds. The predicted molar refractivity (Wildman–Crippen MR) is 110 cm³/mol. The molecule has 2 aromatic carbocycles. The number of rotatable bonds is 5. The van der Waals surface area contributed by atoms with Crippen LogP contribution in [0.4, 0.5) is 0 Å². The number of hydrogen-bond donors (Lipinski definition) is 1. The highest BCUT2D eigenvalue weighted by Crippen LogP contribution is 2.46. The molecule has 1 aliphatic heterocycles. The molecule has 29 heavy (non-hydrogen) atoms. The number of amides is 1. The number of hydrogen-bond acceptors (Lipinski definition) is 3. The molecule has 1 aliphatic carbocycles. The van der Waals surface area contributed by atoms with Crippen LogP contribution >= 0.6 is 23.2 Å². The van der Waals surface area contributed by atoms with E-state index in [0.717, 1.165) is 30.4 Å². The normalized spacial score (nSPS) is 25.0. The number of carbonyl (C=O) groups is 2. The summed E-state index contributed by atoms with van der Waals surface area (Å²) < 4.78 is 6.13. The summed E-state index contributed by atoms with van der Waals surface area (Å²) in [5.74, 6) is -1.33. The Balaban J connectivity index is 1.81. The molecule has 0 spiro atoms. The molecule has 1 N–H and O–H groups in total. The van der Waals surface area contributed by atoms with Crippen molar-refractivity contribution < 1.29 is 19.4 Å². The van der Waals surface area contributed by atoms with Crippen LogP contribution in [0.2, 0.25) is 10.0 Å². The summed E-state index contributed by atoms with van der Waals surface area (Å²) >= 11 is 12.3. The summed E-state index contributed by atoms with van der Waals surface area (Å²) in [6.07, 6.45) is 0.925. The third-order valence-electron chi connectivity index (χ3n) is 5.64. The van der Waals surface area contributed by atoms with Gasteiger partial charge in [0.15, 0.2) is 0 Å². The Morgan fingerprint density at radius 2 is 1.79 bits per heavy atom. The molecule has 3 atom stereocenters. The van der Waals surface area contributed by atoms with Crippen molar-refractivity contribution in [1.29, 1.82) is 0 Å². The van der Waals surface area contributed by atoms with Crippen LogP contribution in [0.25, 0.3) is 0 Å². The van der Waals surface area contributed by atoms with Gasteiger partial charge in [0, 0.05) is 16.1 Å². The molecule has 0 bridgehead atoms. The Bertz CT molecular complexity index is 913. The van der Waals surface area contributed by atoms with Gasteiger partial charge in [-0.15, -0.1) is 0 Å². The monoisotopic (exact) mass is 433 g/mol. The highest BCUT2D eigenvalue weighted by molar-refractivity contribution is 6.30. The Hall–Kier alpha value is -2.08. The zero-order valence-electron chi connectivity index (χ0n) is 15.6. The van der Waals surface area contributed by atoms with Crippen LogP contribution in [0.15, 0.2) is 48.5 Å². The number of carbonyl (C=O) groups excluding carboxylic acids is 1. The Morgan fingerprint density at radius 3 is 2.38 bits per heavy atom. The Morgan fingerprint density at radius 1 is 1.07 bits per heavy atom. The van der Waals surface area contributed by atoms with Crippen LogP contribution in [0.3, 0.4) is 0 Å². The number of morpholine rings is 1. The molecular weight excluding hydrogens is 413 g/mol. The molecule has 2 aliphatic rings. The smallest absolute Gasteiger partial charge is 0.306 e. The van der Waals surface area contributed by atoms with Gasteiger partial charge in [-0.25, -0.2) is 0 Å². The van der Waals surface area contributed by atoms with Crippen LogP contribution in [-0.4, -0.2) is 34.0 Å². The van der Waals surface area contributed by atoms with Gasteiger partial charge in [-0.1, -0.05) is 47.5 Å². The second kappa shape index (κ2) is 8.34. The minimum atomic E-state index is -1.06. The minimum Gasteiger partial charge on any atom is -0.481 e. The van der Waals surface area contributed by atoms with Gasteiger partial charge in [-0.05, 0) is 54.7 Å². The largest absolute Gasteiger partial charge is 0.481 e. The SMILES string of the molecule is O=C(O)C[C@H]1O[C@H](c2cccc(Cl)c2)[C@@H](c2ccc(Cl)cc2)N(C2CCC2)C1=O. The number of aliphatic carboxylic acids is 1. The van der Waals surface area contributed by atoms with E-state index in [1.54, 1.807) is 18.2 Å². The summed E-state index contributed by atoms with van der Waals surface area (Å²) in [5, 5.41) is 10.5. The maximum absolute atomic E-state index is 13.3. The first-order valence-corrected chi connectivity index (χ1v) is 10.4. The minimum absolute atomic E-state index is 0.0741. The number of carboxylic acids is 1. The van der Waals surface area contributed by atoms with E-state index in [1.165, 1.54) is 0 Å². The quantitative estimate of drug-likeness (QED) is 0.717. The van der Waals surface area contributed by atoms with E-state index in [4.69, 9.17) is 27.9 Å². The van der Waals surface area contributed by atoms with E-state index in [9.17, 15) is 14.7 Å². The highest BCUT2D eigenvalue weighted by Gasteiger charge is 2.48. The van der Waals surface area contributed by atoms with Crippen LogP contribution < -0.4 is 0 Å². The van der Waals surface area contributed by atoms with Crippen molar-refractivity contribution in [3.05, 3.63) is 69.7 Å². The van der Waals surface area contributed by atoms with Gasteiger partial charge in [0.1, 0.15) is 12.2 Å². The summed E-state index contributed by atoms with van der Waals surface area (Å²) in [5.41, 5.74) is 1.71. The zero-order chi connectivity index (χ0) is 20.5. The van der Waals surface area contributed by atoms with Gasteiger partial charge in [-0.3, -0.25) is 9.59 Å².